The third-order valence-electron chi connectivity index (χ3n) is 6.49. The van der Waals surface area contributed by atoms with Crippen molar-refractivity contribution in [1.29, 1.82) is 5.26 Å². The molecule has 0 spiro atoms. The lowest BCUT2D eigenvalue weighted by Gasteiger charge is -2.20. The van der Waals surface area contributed by atoms with Crippen LogP contribution in [0.25, 0.3) is 22.8 Å². The second-order valence-electron chi connectivity index (χ2n) is 9.69. The fraction of sp³-hybridized carbons (Fsp3) is 0.370. The number of imidazole rings is 1. The molecule has 0 unspecified atom stereocenters. The Morgan fingerprint density at radius 2 is 1.80 bits per heavy atom. The number of ether oxygens (including phenoxy) is 1. The Morgan fingerprint density at radius 1 is 1.07 bits per heavy atom. The molecule has 5 rings (SSSR count). The number of alkyl halides is 3. The van der Waals surface area contributed by atoms with Crippen LogP contribution in [0, 0.1) is 11.3 Å². The first-order valence-corrected chi connectivity index (χ1v) is 12.6. The first kappa shape index (κ1) is 27.0. The minimum Gasteiger partial charge on any atom is -0.480 e. The first-order chi connectivity index (χ1) is 19.2. The molecule has 0 saturated heterocycles. The van der Waals surface area contributed by atoms with Crippen LogP contribution in [0.4, 0.5) is 19.1 Å². The van der Waals surface area contributed by atoms with Crippen molar-refractivity contribution in [3.8, 4) is 34.7 Å². The van der Waals surface area contributed by atoms with Gasteiger partial charge >= 0.3 is 6.18 Å². The van der Waals surface area contributed by atoms with Crippen LogP contribution in [0.15, 0.2) is 43.1 Å². The maximum atomic E-state index is 13.3. The molecule has 1 aliphatic rings. The van der Waals surface area contributed by atoms with E-state index in [9.17, 15) is 18.4 Å². The summed E-state index contributed by atoms with van der Waals surface area (Å²) in [6.45, 7) is 3.87. The van der Waals surface area contributed by atoms with E-state index in [1.54, 1.807) is 43.0 Å². The molecule has 206 valence electrons. The van der Waals surface area contributed by atoms with E-state index in [0.717, 1.165) is 30.3 Å². The first-order valence-electron chi connectivity index (χ1n) is 12.6. The van der Waals surface area contributed by atoms with Crippen molar-refractivity contribution in [3.05, 3.63) is 60.1 Å². The molecule has 3 heterocycles. The Hall–Kier alpha value is -4.60. The third-order valence-corrected chi connectivity index (χ3v) is 6.49. The topological polar surface area (TPSA) is 119 Å². The van der Waals surface area contributed by atoms with Crippen LogP contribution in [0.5, 0.6) is 5.88 Å². The van der Waals surface area contributed by atoms with Gasteiger partial charge in [-0.25, -0.2) is 24.9 Å². The van der Waals surface area contributed by atoms with Gasteiger partial charge in [-0.15, -0.1) is 0 Å². The lowest BCUT2D eigenvalue weighted by Crippen LogP contribution is -2.25. The van der Waals surface area contributed by atoms with Crippen molar-refractivity contribution in [3.63, 3.8) is 0 Å². The Labute approximate surface area is 228 Å². The zero-order chi connectivity index (χ0) is 28.4. The molecule has 1 fully saturated rings. The molecular formula is C27H26F3N9O. The standard InChI is InChI=1S/C27H26F3N9O/c1-16(2)39-13-20(27(28,29)30)36-24(39)19-6-4-17(5-7-19)12-38(11-10-31)26-35-15-33-23(37-26)21-22(18-8-9-18)32-14-34-25(21)40-3/h4-7,13-16,18H,8-9,11-12H2,1-3H3. The zero-order valence-corrected chi connectivity index (χ0v) is 22.1. The van der Waals surface area contributed by atoms with Crippen LogP contribution in [0.2, 0.25) is 0 Å². The number of halogens is 3. The number of anilines is 1. The van der Waals surface area contributed by atoms with Gasteiger partial charge in [-0.1, -0.05) is 24.3 Å². The summed E-state index contributed by atoms with van der Waals surface area (Å²) in [5.74, 6) is 1.52. The number of hydrogen-bond acceptors (Lipinski definition) is 9. The van der Waals surface area contributed by atoms with Gasteiger partial charge in [0.1, 0.15) is 30.6 Å². The molecule has 0 radical (unpaired) electrons. The molecule has 0 atom stereocenters. The van der Waals surface area contributed by atoms with Gasteiger partial charge in [-0.2, -0.15) is 23.4 Å². The second-order valence-corrected chi connectivity index (χ2v) is 9.69. The van der Waals surface area contributed by atoms with E-state index < -0.39 is 11.9 Å². The molecule has 10 nitrogen and oxygen atoms in total. The summed E-state index contributed by atoms with van der Waals surface area (Å²) < 4.78 is 46.9. The molecule has 13 heteroatoms. The van der Waals surface area contributed by atoms with Gasteiger partial charge in [-0.05, 0) is 32.3 Å². The number of rotatable bonds is 9. The van der Waals surface area contributed by atoms with Crippen LogP contribution in [0.3, 0.4) is 0 Å². The van der Waals surface area contributed by atoms with Gasteiger partial charge in [0.2, 0.25) is 11.8 Å². The summed E-state index contributed by atoms with van der Waals surface area (Å²) in [4.78, 5) is 27.5. The number of aromatic nitrogens is 7. The molecule has 0 N–H and O–H groups in total. The summed E-state index contributed by atoms with van der Waals surface area (Å²) in [5.41, 5.74) is 1.84. The van der Waals surface area contributed by atoms with Crippen LogP contribution in [0.1, 0.15) is 55.6 Å². The molecule has 1 aromatic carbocycles. The quantitative estimate of drug-likeness (QED) is 0.259. The predicted octanol–water partition coefficient (Wildman–Crippen LogP) is 5.21. The highest BCUT2D eigenvalue weighted by Gasteiger charge is 2.35. The van der Waals surface area contributed by atoms with Crippen molar-refractivity contribution in [2.24, 2.45) is 0 Å². The van der Waals surface area contributed by atoms with E-state index in [1.807, 2.05) is 0 Å². The Kier molecular flexibility index (Phi) is 7.34. The van der Waals surface area contributed by atoms with Crippen molar-refractivity contribution in [2.75, 3.05) is 18.6 Å². The molecule has 1 aliphatic carbocycles. The molecule has 0 bridgehead atoms. The summed E-state index contributed by atoms with van der Waals surface area (Å²) in [5, 5.41) is 9.51. The van der Waals surface area contributed by atoms with Gasteiger partial charge in [0.05, 0.1) is 18.9 Å². The van der Waals surface area contributed by atoms with Crippen LogP contribution < -0.4 is 9.64 Å². The SMILES string of the molecule is COc1ncnc(C2CC2)c1-c1ncnc(N(CC#N)Cc2ccc(-c3nc(C(F)(F)F)cn3C(C)C)cc2)n1. The van der Waals surface area contributed by atoms with Gasteiger partial charge in [0.25, 0.3) is 0 Å². The van der Waals surface area contributed by atoms with Crippen molar-refractivity contribution in [1.82, 2.24) is 34.5 Å². The van der Waals surface area contributed by atoms with Crippen LogP contribution >= 0.6 is 0 Å². The number of methoxy groups -OCH3 is 1. The van der Waals surface area contributed by atoms with E-state index in [0.29, 0.717) is 28.7 Å². The highest BCUT2D eigenvalue weighted by Crippen LogP contribution is 2.44. The maximum absolute atomic E-state index is 13.3. The number of hydrogen-bond donors (Lipinski definition) is 0. The van der Waals surface area contributed by atoms with Crippen molar-refractivity contribution >= 4 is 5.95 Å². The molecule has 4 aromatic rings. The average molecular weight is 550 g/mol. The van der Waals surface area contributed by atoms with Crippen LogP contribution in [-0.4, -0.2) is 48.1 Å². The molecular weight excluding hydrogens is 523 g/mol. The predicted molar refractivity (Wildman–Crippen MR) is 139 cm³/mol. The van der Waals surface area contributed by atoms with Gasteiger partial charge in [0, 0.05) is 30.3 Å². The molecule has 0 amide bonds. The largest absolute Gasteiger partial charge is 0.480 e. The lowest BCUT2D eigenvalue weighted by molar-refractivity contribution is -0.140. The summed E-state index contributed by atoms with van der Waals surface area (Å²) in [7, 11) is 1.52. The lowest BCUT2D eigenvalue weighted by atomic mass is 10.1. The Morgan fingerprint density at radius 3 is 2.42 bits per heavy atom. The van der Waals surface area contributed by atoms with Gasteiger partial charge < -0.3 is 14.2 Å². The van der Waals surface area contributed by atoms with Gasteiger partial charge in [-0.3, -0.25) is 0 Å². The van der Waals surface area contributed by atoms with E-state index in [2.05, 4.69) is 36.0 Å². The number of nitriles is 1. The highest BCUT2D eigenvalue weighted by atomic mass is 19.4. The molecule has 3 aromatic heterocycles. The number of benzene rings is 1. The van der Waals surface area contributed by atoms with Crippen molar-refractivity contribution < 1.29 is 17.9 Å². The van der Waals surface area contributed by atoms with E-state index in [-0.39, 0.29) is 30.9 Å². The zero-order valence-electron chi connectivity index (χ0n) is 22.1. The number of nitrogens with zero attached hydrogens (tertiary/aromatic N) is 9. The molecule has 0 aliphatic heterocycles. The van der Waals surface area contributed by atoms with E-state index in [1.165, 1.54) is 24.3 Å². The van der Waals surface area contributed by atoms with E-state index >= 15 is 0 Å². The van der Waals surface area contributed by atoms with E-state index in [4.69, 9.17) is 4.74 Å². The summed E-state index contributed by atoms with van der Waals surface area (Å²) in [6.07, 6.45) is 1.35. The fourth-order valence-electron chi connectivity index (χ4n) is 4.37. The smallest absolute Gasteiger partial charge is 0.434 e. The molecule has 40 heavy (non-hydrogen) atoms. The third kappa shape index (κ3) is 5.56. The Bertz CT molecular complexity index is 1540. The highest BCUT2D eigenvalue weighted by molar-refractivity contribution is 5.66. The normalized spacial score (nSPS) is 13.3. The average Bonchev–Trinajstić information content (AvgIpc) is 3.68. The summed E-state index contributed by atoms with van der Waals surface area (Å²) >= 11 is 0. The molecule has 1 saturated carbocycles. The maximum Gasteiger partial charge on any atom is 0.434 e. The second kappa shape index (κ2) is 10.9. The van der Waals surface area contributed by atoms with Gasteiger partial charge in [0.15, 0.2) is 11.5 Å². The minimum atomic E-state index is -4.54. The Balaban J connectivity index is 1.43. The summed E-state index contributed by atoms with van der Waals surface area (Å²) in [6, 6.07) is 8.93. The minimum absolute atomic E-state index is 0.00416. The van der Waals surface area contributed by atoms with Crippen molar-refractivity contribution in [2.45, 2.75) is 51.4 Å². The fourth-order valence-corrected chi connectivity index (χ4v) is 4.37. The van der Waals surface area contributed by atoms with Crippen LogP contribution in [-0.2, 0) is 12.7 Å². The monoisotopic (exact) mass is 549 g/mol.